The molecule has 28 heavy (non-hydrogen) atoms. The number of ether oxygens (including phenoxy) is 1. The number of aliphatic hydroxyl groups excluding tert-OH is 1. The standard InChI is InChI=1S/C21H21N5O2/c27-15-5-7-16(8-6-15)28-19-3-1-2-13-11-22-21(26-20(13)19)25-14-4-9-17-18(10-14)24-12-23-17/h1-4,9-12,15-16,27H,5-8H2,(H,23,24)(H,22,25,26). The van der Waals surface area contributed by atoms with E-state index in [9.17, 15) is 5.11 Å². The van der Waals surface area contributed by atoms with E-state index in [0.717, 1.165) is 59.1 Å². The quantitative estimate of drug-likeness (QED) is 0.500. The molecule has 0 unspecified atom stereocenters. The fourth-order valence-corrected chi connectivity index (χ4v) is 3.67. The molecule has 2 aromatic carbocycles. The normalized spacial score (nSPS) is 19.8. The molecule has 4 aromatic rings. The van der Waals surface area contributed by atoms with E-state index in [0.29, 0.717) is 5.95 Å². The van der Waals surface area contributed by atoms with Gasteiger partial charge >= 0.3 is 0 Å². The van der Waals surface area contributed by atoms with E-state index in [1.165, 1.54) is 0 Å². The summed E-state index contributed by atoms with van der Waals surface area (Å²) in [6.07, 6.45) is 6.68. The number of anilines is 2. The SMILES string of the molecule is OC1CCC(Oc2cccc3cnc(Nc4ccc5nc[nH]c5c4)nc23)CC1. The Morgan fingerprint density at radius 2 is 1.96 bits per heavy atom. The van der Waals surface area contributed by atoms with E-state index in [1.54, 1.807) is 12.5 Å². The average molecular weight is 375 g/mol. The van der Waals surface area contributed by atoms with Gasteiger partial charge in [0.2, 0.25) is 5.95 Å². The van der Waals surface area contributed by atoms with E-state index >= 15 is 0 Å². The molecule has 1 aliphatic rings. The zero-order valence-corrected chi connectivity index (χ0v) is 15.3. The molecule has 7 heteroatoms. The van der Waals surface area contributed by atoms with Gasteiger partial charge < -0.3 is 20.1 Å². The first kappa shape index (κ1) is 16.9. The van der Waals surface area contributed by atoms with Gasteiger partial charge in [0.1, 0.15) is 11.3 Å². The molecule has 3 N–H and O–H groups in total. The molecule has 0 atom stereocenters. The fourth-order valence-electron chi connectivity index (χ4n) is 3.67. The van der Waals surface area contributed by atoms with Crippen molar-refractivity contribution in [3.05, 3.63) is 48.9 Å². The van der Waals surface area contributed by atoms with Gasteiger partial charge in [-0.2, -0.15) is 0 Å². The molecule has 0 saturated heterocycles. The Labute approximate surface area is 161 Å². The van der Waals surface area contributed by atoms with Gasteiger partial charge in [-0.25, -0.2) is 15.0 Å². The first-order valence-electron chi connectivity index (χ1n) is 9.55. The largest absolute Gasteiger partial charge is 0.488 e. The first-order chi connectivity index (χ1) is 13.7. The predicted octanol–water partition coefficient (Wildman–Crippen LogP) is 3.93. The summed E-state index contributed by atoms with van der Waals surface area (Å²) in [7, 11) is 0. The zero-order valence-electron chi connectivity index (χ0n) is 15.3. The second-order valence-corrected chi connectivity index (χ2v) is 7.20. The van der Waals surface area contributed by atoms with Crippen LogP contribution < -0.4 is 10.1 Å². The highest BCUT2D eigenvalue weighted by molar-refractivity contribution is 5.85. The van der Waals surface area contributed by atoms with Crippen LogP contribution in [-0.4, -0.2) is 37.3 Å². The van der Waals surface area contributed by atoms with Gasteiger partial charge in [0.15, 0.2) is 0 Å². The molecule has 0 aliphatic heterocycles. The smallest absolute Gasteiger partial charge is 0.227 e. The minimum atomic E-state index is -0.197. The van der Waals surface area contributed by atoms with Crippen LogP contribution in [0.2, 0.25) is 0 Å². The molecule has 1 aliphatic carbocycles. The summed E-state index contributed by atoms with van der Waals surface area (Å²) in [6, 6.07) is 11.8. The van der Waals surface area contributed by atoms with Crippen molar-refractivity contribution in [1.29, 1.82) is 0 Å². The van der Waals surface area contributed by atoms with Crippen molar-refractivity contribution in [2.45, 2.75) is 37.9 Å². The lowest BCUT2D eigenvalue weighted by Gasteiger charge is -2.26. The van der Waals surface area contributed by atoms with Crippen LogP contribution in [0, 0.1) is 0 Å². The molecule has 0 amide bonds. The Morgan fingerprint density at radius 3 is 2.86 bits per heavy atom. The Balaban J connectivity index is 1.42. The third-order valence-electron chi connectivity index (χ3n) is 5.19. The molecule has 1 fully saturated rings. The molecule has 1 saturated carbocycles. The summed E-state index contributed by atoms with van der Waals surface area (Å²) in [6.45, 7) is 0. The maximum absolute atomic E-state index is 9.70. The van der Waals surface area contributed by atoms with Crippen molar-refractivity contribution >= 4 is 33.6 Å². The topological polar surface area (TPSA) is 96.0 Å². The van der Waals surface area contributed by atoms with Gasteiger partial charge in [0.25, 0.3) is 0 Å². The van der Waals surface area contributed by atoms with Crippen molar-refractivity contribution in [2.75, 3.05) is 5.32 Å². The first-order valence-corrected chi connectivity index (χ1v) is 9.55. The fraction of sp³-hybridized carbons (Fsp3) is 0.286. The number of aliphatic hydroxyl groups is 1. The number of H-pyrrole nitrogens is 1. The monoisotopic (exact) mass is 375 g/mol. The van der Waals surface area contributed by atoms with Crippen molar-refractivity contribution < 1.29 is 9.84 Å². The summed E-state index contributed by atoms with van der Waals surface area (Å²) < 4.78 is 6.23. The molecule has 0 spiro atoms. The number of rotatable bonds is 4. The number of benzene rings is 2. The molecule has 2 aromatic heterocycles. The lowest BCUT2D eigenvalue weighted by Crippen LogP contribution is -2.26. The van der Waals surface area contributed by atoms with E-state index in [2.05, 4.69) is 20.3 Å². The summed E-state index contributed by atoms with van der Waals surface area (Å²) in [5.74, 6) is 1.27. The van der Waals surface area contributed by atoms with Gasteiger partial charge in [-0.15, -0.1) is 0 Å². The molecular weight excluding hydrogens is 354 g/mol. The maximum atomic E-state index is 9.70. The van der Waals surface area contributed by atoms with Crippen molar-refractivity contribution in [1.82, 2.24) is 19.9 Å². The molecule has 0 bridgehead atoms. The van der Waals surface area contributed by atoms with Crippen LogP contribution in [0.3, 0.4) is 0 Å². The number of nitrogens with zero attached hydrogens (tertiary/aromatic N) is 3. The third-order valence-corrected chi connectivity index (χ3v) is 5.19. The Hall–Kier alpha value is -3.19. The van der Waals surface area contributed by atoms with Crippen LogP contribution >= 0.6 is 0 Å². The summed E-state index contributed by atoms with van der Waals surface area (Å²) in [5, 5.41) is 13.9. The molecule has 5 rings (SSSR count). The minimum absolute atomic E-state index is 0.114. The minimum Gasteiger partial charge on any atom is -0.488 e. The zero-order chi connectivity index (χ0) is 18.9. The Morgan fingerprint density at radius 1 is 1.07 bits per heavy atom. The van der Waals surface area contributed by atoms with Gasteiger partial charge in [-0.1, -0.05) is 12.1 Å². The Bertz CT molecular complexity index is 1120. The van der Waals surface area contributed by atoms with E-state index in [1.807, 2.05) is 36.4 Å². The van der Waals surface area contributed by atoms with Crippen LogP contribution in [0.25, 0.3) is 21.9 Å². The van der Waals surface area contributed by atoms with Gasteiger partial charge in [0, 0.05) is 17.3 Å². The molecule has 0 radical (unpaired) electrons. The van der Waals surface area contributed by atoms with Crippen LogP contribution in [0.15, 0.2) is 48.9 Å². The second kappa shape index (κ2) is 7.09. The predicted molar refractivity (Wildman–Crippen MR) is 108 cm³/mol. The maximum Gasteiger partial charge on any atom is 0.227 e. The summed E-state index contributed by atoms with van der Waals surface area (Å²) in [4.78, 5) is 16.5. The molecule has 7 nitrogen and oxygen atoms in total. The number of hydrogen-bond donors (Lipinski definition) is 3. The summed E-state index contributed by atoms with van der Waals surface area (Å²) in [5.41, 5.74) is 3.54. The third kappa shape index (κ3) is 3.36. The number of imidazole rings is 1. The highest BCUT2D eigenvalue weighted by Gasteiger charge is 2.21. The summed E-state index contributed by atoms with van der Waals surface area (Å²) >= 11 is 0. The van der Waals surface area contributed by atoms with Gasteiger partial charge in [-0.3, -0.25) is 0 Å². The highest BCUT2D eigenvalue weighted by atomic mass is 16.5. The second-order valence-electron chi connectivity index (χ2n) is 7.20. The Kier molecular flexibility index (Phi) is 4.29. The molecule has 142 valence electrons. The van der Waals surface area contributed by atoms with Crippen LogP contribution in [0.5, 0.6) is 5.75 Å². The lowest BCUT2D eigenvalue weighted by atomic mass is 9.95. The van der Waals surface area contributed by atoms with Gasteiger partial charge in [-0.05, 0) is 49.9 Å². The van der Waals surface area contributed by atoms with Gasteiger partial charge in [0.05, 0.1) is 29.6 Å². The number of para-hydroxylation sites is 1. The van der Waals surface area contributed by atoms with E-state index in [4.69, 9.17) is 9.72 Å². The number of nitrogens with one attached hydrogen (secondary N) is 2. The number of fused-ring (bicyclic) bond motifs is 2. The number of aromatic nitrogens is 4. The van der Waals surface area contributed by atoms with Crippen molar-refractivity contribution in [3.8, 4) is 5.75 Å². The molecular formula is C21H21N5O2. The number of aromatic amines is 1. The van der Waals surface area contributed by atoms with Crippen molar-refractivity contribution in [2.24, 2.45) is 0 Å². The van der Waals surface area contributed by atoms with E-state index in [-0.39, 0.29) is 12.2 Å². The lowest BCUT2D eigenvalue weighted by molar-refractivity contribution is 0.0672. The number of hydrogen-bond acceptors (Lipinski definition) is 6. The van der Waals surface area contributed by atoms with Crippen LogP contribution in [-0.2, 0) is 0 Å². The van der Waals surface area contributed by atoms with E-state index < -0.39 is 0 Å². The van der Waals surface area contributed by atoms with Crippen LogP contribution in [0.1, 0.15) is 25.7 Å². The molecule has 2 heterocycles. The average Bonchev–Trinajstić information content (AvgIpc) is 3.18. The highest BCUT2D eigenvalue weighted by Crippen LogP contribution is 2.29. The van der Waals surface area contributed by atoms with Crippen molar-refractivity contribution in [3.63, 3.8) is 0 Å². The van der Waals surface area contributed by atoms with Crippen LogP contribution in [0.4, 0.5) is 11.6 Å².